The Morgan fingerprint density at radius 1 is 1.22 bits per heavy atom. The molecule has 0 aliphatic heterocycles. The first-order chi connectivity index (χ1) is 8.76. The van der Waals surface area contributed by atoms with Crippen molar-refractivity contribution in [3.8, 4) is 6.07 Å². The van der Waals surface area contributed by atoms with Gasteiger partial charge >= 0.3 is 0 Å². The van der Waals surface area contributed by atoms with Crippen molar-refractivity contribution in [3.05, 3.63) is 35.9 Å². The molecule has 0 aromatic heterocycles. The van der Waals surface area contributed by atoms with Crippen molar-refractivity contribution in [2.75, 3.05) is 25.0 Å². The predicted octanol–water partition coefficient (Wildman–Crippen LogP) is 3.60. The van der Waals surface area contributed by atoms with Crippen molar-refractivity contribution in [1.82, 2.24) is 4.90 Å². The number of benzene rings is 1. The minimum Gasteiger partial charge on any atom is -0.301 e. The zero-order valence-corrected chi connectivity index (χ0v) is 13.5. The molecular weight excluding hydrogens is 356 g/mol. The van der Waals surface area contributed by atoms with Gasteiger partial charge in [-0.3, -0.25) is 0 Å². The van der Waals surface area contributed by atoms with E-state index in [0.29, 0.717) is 11.2 Å². The highest BCUT2D eigenvalue weighted by Gasteiger charge is 2.10. The van der Waals surface area contributed by atoms with Crippen LogP contribution in [0, 0.1) is 11.3 Å². The molecule has 18 heavy (non-hydrogen) atoms. The zero-order valence-electron chi connectivity index (χ0n) is 10.4. The fourth-order valence-electron chi connectivity index (χ4n) is 1.76. The van der Waals surface area contributed by atoms with Gasteiger partial charge < -0.3 is 4.90 Å². The molecule has 1 rings (SSSR count). The third kappa shape index (κ3) is 6.53. The molecule has 0 fully saturated rings. The minimum atomic E-state index is 0.437. The van der Waals surface area contributed by atoms with Crippen LogP contribution in [-0.2, 0) is 6.42 Å². The van der Waals surface area contributed by atoms with Gasteiger partial charge in [-0.2, -0.15) is 5.26 Å². The summed E-state index contributed by atoms with van der Waals surface area (Å²) in [7, 11) is 0. The smallest absolute Gasteiger partial charge is 0.0635 e. The Hall–Kier alpha value is -0.370. The average Bonchev–Trinajstić information content (AvgIpc) is 2.42. The van der Waals surface area contributed by atoms with E-state index in [1.165, 1.54) is 5.56 Å². The van der Waals surface area contributed by atoms with Crippen molar-refractivity contribution in [2.45, 2.75) is 17.7 Å². The standard InChI is InChI=1S/C14H18Br2N2/c15-11-14(16)12-18(9-4-8-17)10-7-13-5-2-1-3-6-13/h1-3,5-6,14H,4,7,9-12H2. The van der Waals surface area contributed by atoms with E-state index in [1.54, 1.807) is 0 Å². The summed E-state index contributed by atoms with van der Waals surface area (Å²) in [6.45, 7) is 2.82. The molecule has 0 amide bonds. The molecule has 2 nitrogen and oxygen atoms in total. The van der Waals surface area contributed by atoms with Crippen LogP contribution in [0.2, 0.25) is 0 Å². The van der Waals surface area contributed by atoms with Crippen LogP contribution >= 0.6 is 31.9 Å². The highest BCUT2D eigenvalue weighted by Crippen LogP contribution is 2.08. The number of rotatable bonds is 8. The molecule has 4 heteroatoms. The fraction of sp³-hybridized carbons (Fsp3) is 0.500. The van der Waals surface area contributed by atoms with E-state index < -0.39 is 0 Å². The van der Waals surface area contributed by atoms with Gasteiger partial charge in [-0.1, -0.05) is 62.2 Å². The van der Waals surface area contributed by atoms with E-state index in [9.17, 15) is 0 Å². The van der Waals surface area contributed by atoms with Crippen LogP contribution in [0.25, 0.3) is 0 Å². The molecule has 0 bridgehead atoms. The third-order valence-electron chi connectivity index (χ3n) is 2.72. The Labute approximate surface area is 126 Å². The lowest BCUT2D eigenvalue weighted by molar-refractivity contribution is 0.289. The zero-order chi connectivity index (χ0) is 13.2. The van der Waals surface area contributed by atoms with E-state index in [0.717, 1.165) is 31.4 Å². The second-order valence-corrected chi connectivity index (χ2v) is 6.14. The quantitative estimate of drug-likeness (QED) is 0.651. The maximum atomic E-state index is 8.69. The van der Waals surface area contributed by atoms with Crippen molar-refractivity contribution in [1.29, 1.82) is 5.26 Å². The first kappa shape index (κ1) is 15.7. The van der Waals surface area contributed by atoms with Crippen LogP contribution in [0.4, 0.5) is 0 Å². The summed E-state index contributed by atoms with van der Waals surface area (Å²) < 4.78 is 0. The van der Waals surface area contributed by atoms with Crippen LogP contribution in [0.5, 0.6) is 0 Å². The topological polar surface area (TPSA) is 27.0 Å². The van der Waals surface area contributed by atoms with E-state index in [2.05, 4.69) is 67.1 Å². The summed E-state index contributed by atoms with van der Waals surface area (Å²) in [5.74, 6) is 0. The van der Waals surface area contributed by atoms with Gasteiger partial charge in [-0.05, 0) is 12.0 Å². The molecule has 0 radical (unpaired) electrons. The highest BCUT2D eigenvalue weighted by molar-refractivity contribution is 9.12. The SMILES string of the molecule is N#CCCN(CCc1ccccc1)CC(Br)CBr. The average molecular weight is 374 g/mol. The Balaban J connectivity index is 2.42. The number of hydrogen-bond donors (Lipinski definition) is 0. The molecule has 1 aromatic carbocycles. The summed E-state index contributed by atoms with van der Waals surface area (Å²) in [5, 5.41) is 9.63. The molecule has 0 saturated heterocycles. The van der Waals surface area contributed by atoms with Crippen LogP contribution in [0.15, 0.2) is 30.3 Å². The second kappa shape index (κ2) is 9.55. The van der Waals surface area contributed by atoms with Crippen molar-refractivity contribution < 1.29 is 0 Å². The molecule has 1 unspecified atom stereocenters. The van der Waals surface area contributed by atoms with E-state index in [1.807, 2.05) is 6.07 Å². The van der Waals surface area contributed by atoms with Crippen molar-refractivity contribution in [2.24, 2.45) is 0 Å². The van der Waals surface area contributed by atoms with Gasteiger partial charge in [-0.15, -0.1) is 0 Å². The molecule has 0 spiro atoms. The number of nitrogens with zero attached hydrogens (tertiary/aromatic N) is 2. The minimum absolute atomic E-state index is 0.437. The fourth-order valence-corrected chi connectivity index (χ4v) is 2.38. The molecule has 0 saturated carbocycles. The monoisotopic (exact) mass is 372 g/mol. The maximum Gasteiger partial charge on any atom is 0.0635 e. The summed E-state index contributed by atoms with van der Waals surface area (Å²) in [6.07, 6.45) is 1.63. The van der Waals surface area contributed by atoms with Gasteiger partial charge in [0.05, 0.1) is 6.07 Å². The van der Waals surface area contributed by atoms with Crippen LogP contribution in [-0.4, -0.2) is 34.7 Å². The number of halogens is 2. The summed E-state index contributed by atoms with van der Waals surface area (Å²) in [6, 6.07) is 12.7. The van der Waals surface area contributed by atoms with Gasteiger partial charge in [-0.25, -0.2) is 0 Å². The molecule has 0 N–H and O–H groups in total. The molecule has 0 heterocycles. The maximum absolute atomic E-state index is 8.69. The van der Waals surface area contributed by atoms with Gasteiger partial charge in [0.2, 0.25) is 0 Å². The third-order valence-corrected chi connectivity index (χ3v) is 4.99. The second-order valence-electron chi connectivity index (χ2n) is 4.20. The summed E-state index contributed by atoms with van der Waals surface area (Å²) in [4.78, 5) is 2.78. The predicted molar refractivity (Wildman–Crippen MR) is 83.3 cm³/mol. The van der Waals surface area contributed by atoms with E-state index in [4.69, 9.17) is 5.26 Å². The lowest BCUT2D eigenvalue weighted by Gasteiger charge is -2.23. The molecular formula is C14H18Br2N2. The Morgan fingerprint density at radius 3 is 2.56 bits per heavy atom. The molecule has 98 valence electrons. The first-order valence-corrected chi connectivity index (χ1v) is 8.13. The molecule has 0 aliphatic carbocycles. The Bertz CT molecular complexity index is 362. The Morgan fingerprint density at radius 2 is 1.94 bits per heavy atom. The molecule has 0 aliphatic rings. The van der Waals surface area contributed by atoms with E-state index >= 15 is 0 Å². The van der Waals surface area contributed by atoms with Crippen molar-refractivity contribution in [3.63, 3.8) is 0 Å². The number of alkyl halides is 2. The van der Waals surface area contributed by atoms with Crippen molar-refractivity contribution >= 4 is 31.9 Å². The highest BCUT2D eigenvalue weighted by atomic mass is 79.9. The Kier molecular flexibility index (Phi) is 8.32. The van der Waals surface area contributed by atoms with Gasteiger partial charge in [0.1, 0.15) is 0 Å². The van der Waals surface area contributed by atoms with Crippen LogP contribution < -0.4 is 0 Å². The van der Waals surface area contributed by atoms with E-state index in [-0.39, 0.29) is 0 Å². The lowest BCUT2D eigenvalue weighted by Crippen LogP contribution is -2.33. The van der Waals surface area contributed by atoms with Gasteiger partial charge in [0.25, 0.3) is 0 Å². The molecule has 1 atom stereocenters. The van der Waals surface area contributed by atoms with Gasteiger partial charge in [0, 0.05) is 36.2 Å². The normalized spacial score (nSPS) is 12.3. The van der Waals surface area contributed by atoms with Gasteiger partial charge in [0.15, 0.2) is 0 Å². The lowest BCUT2D eigenvalue weighted by atomic mass is 10.1. The van der Waals surface area contributed by atoms with Crippen LogP contribution in [0.1, 0.15) is 12.0 Å². The summed E-state index contributed by atoms with van der Waals surface area (Å²) in [5.41, 5.74) is 1.35. The first-order valence-electron chi connectivity index (χ1n) is 6.09. The molecule has 1 aromatic rings. The van der Waals surface area contributed by atoms with Crippen LogP contribution in [0.3, 0.4) is 0 Å². The summed E-state index contributed by atoms with van der Waals surface area (Å²) >= 11 is 7.09. The number of hydrogen-bond acceptors (Lipinski definition) is 2. The number of nitriles is 1. The largest absolute Gasteiger partial charge is 0.301 e.